The first kappa shape index (κ1) is 22.9. The zero-order valence-electron chi connectivity index (χ0n) is 18.0. The van der Waals surface area contributed by atoms with Gasteiger partial charge in [0, 0.05) is 23.7 Å². The van der Waals surface area contributed by atoms with Crippen LogP contribution in [-0.2, 0) is 20.5 Å². The molecular formula is C25H22ClF3N2O3. The van der Waals surface area contributed by atoms with Gasteiger partial charge in [-0.1, -0.05) is 41.9 Å². The summed E-state index contributed by atoms with van der Waals surface area (Å²) < 4.78 is 46.7. The van der Waals surface area contributed by atoms with E-state index in [1.165, 1.54) is 6.07 Å². The van der Waals surface area contributed by atoms with Crippen molar-refractivity contribution in [3.63, 3.8) is 0 Å². The fourth-order valence-electron chi connectivity index (χ4n) is 5.04. The average molecular weight is 491 g/mol. The van der Waals surface area contributed by atoms with Crippen molar-refractivity contribution in [1.29, 1.82) is 0 Å². The van der Waals surface area contributed by atoms with Gasteiger partial charge in [0.15, 0.2) is 11.6 Å². The number of anilines is 1. The predicted octanol–water partition coefficient (Wildman–Crippen LogP) is 5.29. The molecular weight excluding hydrogens is 469 g/mol. The monoisotopic (exact) mass is 490 g/mol. The third-order valence-electron chi connectivity index (χ3n) is 6.70. The molecule has 0 spiro atoms. The molecule has 0 aromatic heterocycles. The summed E-state index contributed by atoms with van der Waals surface area (Å²) in [6.45, 7) is 0.228. The molecule has 2 aromatic carbocycles. The van der Waals surface area contributed by atoms with Crippen molar-refractivity contribution in [2.24, 2.45) is 5.92 Å². The lowest BCUT2D eigenvalue weighted by molar-refractivity contribution is -0.138. The summed E-state index contributed by atoms with van der Waals surface area (Å²) in [4.78, 5) is 23.7. The van der Waals surface area contributed by atoms with Crippen LogP contribution in [0, 0.1) is 5.92 Å². The Morgan fingerprint density at radius 1 is 1.06 bits per heavy atom. The first-order chi connectivity index (χ1) is 16.2. The van der Waals surface area contributed by atoms with E-state index in [1.807, 2.05) is 30.3 Å². The maximum absolute atomic E-state index is 13.5. The highest BCUT2D eigenvalue weighted by molar-refractivity contribution is 6.48. The van der Waals surface area contributed by atoms with Crippen LogP contribution >= 0.6 is 11.6 Å². The van der Waals surface area contributed by atoms with E-state index >= 15 is 0 Å². The van der Waals surface area contributed by atoms with Gasteiger partial charge in [0.05, 0.1) is 30.2 Å². The van der Waals surface area contributed by atoms with Crippen LogP contribution in [0.15, 0.2) is 59.3 Å². The number of carbonyl (C=O) groups is 2. The quantitative estimate of drug-likeness (QED) is 0.570. The van der Waals surface area contributed by atoms with Crippen molar-refractivity contribution in [1.82, 2.24) is 5.32 Å². The third kappa shape index (κ3) is 4.20. The number of benzene rings is 2. The van der Waals surface area contributed by atoms with Crippen LogP contribution in [0.25, 0.3) is 0 Å². The first-order valence-electron chi connectivity index (χ1n) is 11.1. The minimum absolute atomic E-state index is 0.0767. The highest BCUT2D eigenvalue weighted by Gasteiger charge is 2.44. The van der Waals surface area contributed by atoms with Crippen LogP contribution < -0.4 is 10.6 Å². The Morgan fingerprint density at radius 3 is 2.50 bits per heavy atom. The number of carbonyl (C=O) groups excluding carboxylic acids is 2. The lowest BCUT2D eigenvalue weighted by Gasteiger charge is -2.46. The van der Waals surface area contributed by atoms with Crippen LogP contribution in [-0.4, -0.2) is 24.2 Å². The Kier molecular flexibility index (Phi) is 5.90. The standard InChI is InChI=1S/C25H22ClF3N2O3/c26-21-19(32)11-20(33)23(21)30-12-15-7-8-16-22(13-4-2-1-3-5-13)31-18-9-6-14(25(27,28)29)10-17(18)24(16)34-15/h1-6,9-10,15-16,22,24,30-31H,7-8,11-12H2/t15-,16+,22+,24+/m1/s1. The van der Waals surface area contributed by atoms with E-state index in [0.717, 1.165) is 17.7 Å². The number of fused-ring (bicyclic) bond motifs is 3. The lowest BCUT2D eigenvalue weighted by atomic mass is 9.76. The number of rotatable bonds is 4. The molecule has 2 heterocycles. The number of ketones is 2. The number of nitrogens with one attached hydrogen (secondary N) is 2. The van der Waals surface area contributed by atoms with Gasteiger partial charge in [-0.3, -0.25) is 9.59 Å². The van der Waals surface area contributed by atoms with E-state index in [0.29, 0.717) is 24.1 Å². The van der Waals surface area contributed by atoms with Crippen molar-refractivity contribution in [3.05, 3.63) is 76.0 Å². The van der Waals surface area contributed by atoms with Crippen molar-refractivity contribution in [2.45, 2.75) is 43.7 Å². The fraction of sp³-hybridized carbons (Fsp3) is 0.360. The van der Waals surface area contributed by atoms with Gasteiger partial charge >= 0.3 is 6.18 Å². The smallest absolute Gasteiger partial charge is 0.378 e. The molecule has 1 saturated heterocycles. The van der Waals surface area contributed by atoms with Gasteiger partial charge in [0.25, 0.3) is 0 Å². The second-order valence-electron chi connectivity index (χ2n) is 8.85. The summed E-state index contributed by atoms with van der Waals surface area (Å²) in [6, 6.07) is 13.4. The molecule has 2 aromatic rings. The molecule has 4 atom stereocenters. The zero-order valence-corrected chi connectivity index (χ0v) is 18.7. The number of alkyl halides is 3. The van der Waals surface area contributed by atoms with Gasteiger partial charge in [-0.2, -0.15) is 13.2 Å². The summed E-state index contributed by atoms with van der Waals surface area (Å²) >= 11 is 5.96. The summed E-state index contributed by atoms with van der Waals surface area (Å²) in [5.74, 6) is -0.863. The van der Waals surface area contributed by atoms with Crippen molar-refractivity contribution in [2.75, 3.05) is 11.9 Å². The van der Waals surface area contributed by atoms with Gasteiger partial charge in [0.1, 0.15) is 10.7 Å². The van der Waals surface area contributed by atoms with Gasteiger partial charge in [-0.05, 0) is 36.6 Å². The molecule has 0 saturated carbocycles. The summed E-state index contributed by atoms with van der Waals surface area (Å²) in [7, 11) is 0. The molecule has 178 valence electrons. The summed E-state index contributed by atoms with van der Waals surface area (Å²) in [5, 5.41) is 6.26. The summed E-state index contributed by atoms with van der Waals surface area (Å²) in [6.07, 6.45) is -4.29. The fourth-order valence-corrected chi connectivity index (χ4v) is 5.28. The Morgan fingerprint density at radius 2 is 1.82 bits per heavy atom. The minimum Gasteiger partial charge on any atom is -0.378 e. The highest BCUT2D eigenvalue weighted by Crippen LogP contribution is 2.51. The van der Waals surface area contributed by atoms with E-state index in [1.54, 1.807) is 0 Å². The van der Waals surface area contributed by atoms with Crippen molar-refractivity contribution >= 4 is 28.9 Å². The zero-order chi connectivity index (χ0) is 24.0. The van der Waals surface area contributed by atoms with Crippen LogP contribution in [0.3, 0.4) is 0 Å². The van der Waals surface area contributed by atoms with Crippen LogP contribution in [0.5, 0.6) is 0 Å². The number of allylic oxidation sites excluding steroid dienone is 2. The minimum atomic E-state index is -4.46. The topological polar surface area (TPSA) is 67.4 Å². The molecule has 1 aliphatic carbocycles. The molecule has 3 aliphatic rings. The van der Waals surface area contributed by atoms with E-state index in [4.69, 9.17) is 16.3 Å². The van der Waals surface area contributed by atoms with Gasteiger partial charge < -0.3 is 15.4 Å². The van der Waals surface area contributed by atoms with E-state index in [9.17, 15) is 22.8 Å². The molecule has 0 bridgehead atoms. The Hall–Kier alpha value is -2.84. The molecule has 9 heteroatoms. The highest BCUT2D eigenvalue weighted by atomic mass is 35.5. The Labute approximate surface area is 199 Å². The number of hydrogen-bond donors (Lipinski definition) is 2. The first-order valence-corrected chi connectivity index (χ1v) is 11.5. The molecule has 5 nitrogen and oxygen atoms in total. The third-order valence-corrected chi connectivity index (χ3v) is 7.10. The van der Waals surface area contributed by atoms with E-state index in [2.05, 4.69) is 10.6 Å². The molecule has 2 N–H and O–H groups in total. The molecule has 2 aliphatic heterocycles. The van der Waals surface area contributed by atoms with Gasteiger partial charge in [-0.15, -0.1) is 0 Å². The normalized spacial score (nSPS) is 26.7. The number of ether oxygens (including phenoxy) is 1. The lowest BCUT2D eigenvalue weighted by Crippen LogP contribution is -2.42. The second kappa shape index (κ2) is 8.74. The molecule has 34 heavy (non-hydrogen) atoms. The van der Waals surface area contributed by atoms with Crippen LogP contribution in [0.2, 0.25) is 0 Å². The molecule has 0 unspecified atom stereocenters. The van der Waals surface area contributed by atoms with Crippen LogP contribution in [0.1, 0.15) is 48.1 Å². The van der Waals surface area contributed by atoms with Gasteiger partial charge in [0.2, 0.25) is 0 Å². The predicted molar refractivity (Wildman–Crippen MR) is 120 cm³/mol. The summed E-state index contributed by atoms with van der Waals surface area (Å²) in [5.41, 5.74) is 1.49. The van der Waals surface area contributed by atoms with Gasteiger partial charge in [-0.25, -0.2) is 0 Å². The molecule has 5 rings (SSSR count). The van der Waals surface area contributed by atoms with E-state index < -0.39 is 23.6 Å². The molecule has 1 fully saturated rings. The Bertz CT molecular complexity index is 1170. The van der Waals surface area contributed by atoms with Crippen molar-refractivity contribution < 1.29 is 27.5 Å². The molecule has 0 radical (unpaired) electrons. The number of hydrogen-bond acceptors (Lipinski definition) is 5. The SMILES string of the molecule is O=C1CC(=O)C(NC[C@H]2CC[C@@H]3[C@H](O2)c2cc(C(F)(F)F)ccc2N[C@H]3c2ccccc2)=C1Cl. The van der Waals surface area contributed by atoms with Crippen LogP contribution in [0.4, 0.5) is 18.9 Å². The maximum atomic E-state index is 13.5. The molecule has 0 amide bonds. The van der Waals surface area contributed by atoms with E-state index in [-0.39, 0.29) is 47.5 Å². The number of halogens is 4. The largest absolute Gasteiger partial charge is 0.416 e. The van der Waals surface area contributed by atoms with Crippen molar-refractivity contribution in [3.8, 4) is 0 Å². The maximum Gasteiger partial charge on any atom is 0.416 e. The second-order valence-corrected chi connectivity index (χ2v) is 9.22. The number of Topliss-reactive ketones (excluding diaryl/α,β-unsaturated/α-hetero) is 2. The average Bonchev–Trinajstić information content (AvgIpc) is 3.07. The Balaban J connectivity index is 1.43.